The molecule has 0 saturated heterocycles. The minimum absolute atomic E-state index is 0.0829. The van der Waals surface area contributed by atoms with Crippen molar-refractivity contribution >= 4 is 17.7 Å². The summed E-state index contributed by atoms with van der Waals surface area (Å²) in [5, 5.41) is 12.6. The summed E-state index contributed by atoms with van der Waals surface area (Å²) < 4.78 is 2.29. The number of nitrogens with one attached hydrogen (secondary N) is 1. The van der Waals surface area contributed by atoms with Crippen molar-refractivity contribution in [3.05, 3.63) is 5.82 Å². The van der Waals surface area contributed by atoms with Gasteiger partial charge in [0, 0.05) is 18.0 Å². The smallest absolute Gasteiger partial charge is 0.230 e. The van der Waals surface area contributed by atoms with E-state index in [1.54, 1.807) is 0 Å². The first kappa shape index (κ1) is 14.9. The molecule has 1 atom stereocenters. The predicted molar refractivity (Wildman–Crippen MR) is 83.4 cm³/mol. The maximum absolute atomic E-state index is 12.0. The Balaban J connectivity index is 1.59. The lowest BCUT2D eigenvalue weighted by Gasteiger charge is -2.17. The summed E-state index contributed by atoms with van der Waals surface area (Å²) in [4.78, 5) is 12.0. The van der Waals surface area contributed by atoms with E-state index in [2.05, 4.69) is 33.9 Å². The third kappa shape index (κ3) is 3.59. The summed E-state index contributed by atoms with van der Waals surface area (Å²) in [5.74, 6) is 2.72. The van der Waals surface area contributed by atoms with Crippen molar-refractivity contribution in [2.24, 2.45) is 5.92 Å². The molecule has 0 spiro atoms. The van der Waals surface area contributed by atoms with Gasteiger partial charge in [-0.25, -0.2) is 0 Å². The fourth-order valence-corrected chi connectivity index (χ4v) is 3.10. The van der Waals surface area contributed by atoms with E-state index < -0.39 is 0 Å². The molecule has 1 heterocycles. The zero-order chi connectivity index (χ0) is 15.0. The Morgan fingerprint density at radius 1 is 1.29 bits per heavy atom. The van der Waals surface area contributed by atoms with Gasteiger partial charge in [-0.15, -0.1) is 10.2 Å². The van der Waals surface area contributed by atoms with Gasteiger partial charge in [-0.1, -0.05) is 25.6 Å². The van der Waals surface area contributed by atoms with Gasteiger partial charge in [-0.3, -0.25) is 4.79 Å². The molecule has 116 valence electrons. The first-order chi connectivity index (χ1) is 10.1. The van der Waals surface area contributed by atoms with Gasteiger partial charge in [-0.2, -0.15) is 0 Å². The van der Waals surface area contributed by atoms with E-state index in [-0.39, 0.29) is 11.9 Å². The Morgan fingerprint density at radius 2 is 2.00 bits per heavy atom. The minimum atomic E-state index is 0.0829. The van der Waals surface area contributed by atoms with Crippen LogP contribution in [0.4, 0.5) is 0 Å². The summed E-state index contributed by atoms with van der Waals surface area (Å²) in [6.45, 7) is 6.28. The summed E-state index contributed by atoms with van der Waals surface area (Å²) in [7, 11) is 0. The van der Waals surface area contributed by atoms with Crippen LogP contribution in [0.5, 0.6) is 0 Å². The number of thioether (sulfide) groups is 1. The highest BCUT2D eigenvalue weighted by Gasteiger charge is 2.36. The van der Waals surface area contributed by atoms with Crippen LogP contribution in [0.3, 0.4) is 0 Å². The second-order valence-corrected chi connectivity index (χ2v) is 7.55. The monoisotopic (exact) mass is 308 g/mol. The Labute approximate surface area is 130 Å². The van der Waals surface area contributed by atoms with Crippen LogP contribution in [-0.4, -0.2) is 32.5 Å². The van der Waals surface area contributed by atoms with Crippen LogP contribution in [0.25, 0.3) is 0 Å². The lowest BCUT2D eigenvalue weighted by atomic mass is 10.1. The molecule has 0 aromatic carbocycles. The standard InChI is InChI=1S/C15H24N4OS/c1-9(2)10(3)16-13(20)8-21-15-18-17-14(11-4-5-11)19(15)12-6-7-12/h9-12H,4-8H2,1-3H3,(H,16,20)/t10-/m1/s1. The molecule has 1 N–H and O–H groups in total. The summed E-state index contributed by atoms with van der Waals surface area (Å²) in [5.41, 5.74) is 0. The number of carbonyl (C=O) groups is 1. The third-order valence-corrected chi connectivity index (χ3v) is 5.21. The number of carbonyl (C=O) groups excluding carboxylic acids is 1. The molecule has 0 aliphatic heterocycles. The quantitative estimate of drug-likeness (QED) is 0.787. The average Bonchev–Trinajstić information content (AvgIpc) is 3.34. The Hall–Kier alpha value is -1.04. The highest BCUT2D eigenvalue weighted by atomic mass is 32.2. The fraction of sp³-hybridized carbons (Fsp3) is 0.800. The Morgan fingerprint density at radius 3 is 2.57 bits per heavy atom. The molecular formula is C15H24N4OS. The van der Waals surface area contributed by atoms with Crippen molar-refractivity contribution in [2.45, 2.75) is 69.6 Å². The maximum Gasteiger partial charge on any atom is 0.230 e. The molecule has 1 aromatic heterocycles. The molecule has 2 fully saturated rings. The zero-order valence-electron chi connectivity index (χ0n) is 13.0. The summed E-state index contributed by atoms with van der Waals surface area (Å²) >= 11 is 1.52. The van der Waals surface area contributed by atoms with Crippen molar-refractivity contribution < 1.29 is 4.79 Å². The number of rotatable bonds is 7. The highest BCUT2D eigenvalue weighted by Crippen LogP contribution is 2.45. The normalized spacial score (nSPS) is 19.8. The minimum Gasteiger partial charge on any atom is -0.353 e. The van der Waals surface area contributed by atoms with Gasteiger partial charge in [0.1, 0.15) is 5.82 Å². The molecule has 2 aliphatic rings. The van der Waals surface area contributed by atoms with Crippen molar-refractivity contribution in [2.75, 3.05) is 5.75 Å². The van der Waals surface area contributed by atoms with E-state index in [1.807, 2.05) is 6.92 Å². The van der Waals surface area contributed by atoms with Gasteiger partial charge in [0.15, 0.2) is 5.16 Å². The van der Waals surface area contributed by atoms with Gasteiger partial charge < -0.3 is 9.88 Å². The van der Waals surface area contributed by atoms with Gasteiger partial charge in [0.05, 0.1) is 5.75 Å². The largest absolute Gasteiger partial charge is 0.353 e. The first-order valence-corrected chi connectivity index (χ1v) is 8.91. The van der Waals surface area contributed by atoms with Gasteiger partial charge in [0.25, 0.3) is 0 Å². The van der Waals surface area contributed by atoms with Crippen molar-refractivity contribution in [3.8, 4) is 0 Å². The number of hydrogen-bond donors (Lipinski definition) is 1. The molecule has 2 aliphatic carbocycles. The fourth-order valence-electron chi connectivity index (χ4n) is 2.27. The van der Waals surface area contributed by atoms with E-state index in [0.717, 1.165) is 11.0 Å². The van der Waals surface area contributed by atoms with Crippen LogP contribution in [0.2, 0.25) is 0 Å². The van der Waals surface area contributed by atoms with E-state index >= 15 is 0 Å². The van der Waals surface area contributed by atoms with Crippen LogP contribution < -0.4 is 5.32 Å². The molecule has 0 bridgehead atoms. The topological polar surface area (TPSA) is 59.8 Å². The number of amides is 1. The SMILES string of the molecule is CC(C)[C@@H](C)NC(=O)CSc1nnc(C2CC2)n1C1CC1. The molecule has 6 heteroatoms. The Kier molecular flexibility index (Phi) is 4.24. The second kappa shape index (κ2) is 5.99. The summed E-state index contributed by atoms with van der Waals surface area (Å²) in [6, 6.07) is 0.789. The molecular weight excluding hydrogens is 284 g/mol. The van der Waals surface area contributed by atoms with Crippen molar-refractivity contribution in [1.29, 1.82) is 0 Å². The molecule has 1 aromatic rings. The van der Waals surface area contributed by atoms with Crippen LogP contribution >= 0.6 is 11.8 Å². The third-order valence-electron chi connectivity index (χ3n) is 4.27. The molecule has 3 rings (SSSR count). The highest BCUT2D eigenvalue weighted by molar-refractivity contribution is 7.99. The molecule has 21 heavy (non-hydrogen) atoms. The second-order valence-electron chi connectivity index (χ2n) is 6.61. The molecule has 5 nitrogen and oxygen atoms in total. The molecule has 1 amide bonds. The zero-order valence-corrected chi connectivity index (χ0v) is 13.8. The Bertz CT molecular complexity index is 520. The van der Waals surface area contributed by atoms with E-state index in [0.29, 0.717) is 23.6 Å². The maximum atomic E-state index is 12.0. The van der Waals surface area contributed by atoms with Gasteiger partial charge in [0.2, 0.25) is 5.91 Å². The first-order valence-electron chi connectivity index (χ1n) is 7.93. The number of nitrogens with zero attached hydrogens (tertiary/aromatic N) is 3. The number of hydrogen-bond acceptors (Lipinski definition) is 4. The number of aromatic nitrogens is 3. The molecule has 2 saturated carbocycles. The average molecular weight is 308 g/mol. The van der Waals surface area contributed by atoms with Crippen molar-refractivity contribution in [1.82, 2.24) is 20.1 Å². The van der Waals surface area contributed by atoms with Crippen LogP contribution in [-0.2, 0) is 4.79 Å². The van der Waals surface area contributed by atoms with Gasteiger partial charge >= 0.3 is 0 Å². The van der Waals surface area contributed by atoms with Crippen LogP contribution in [0, 0.1) is 5.92 Å². The lowest BCUT2D eigenvalue weighted by molar-refractivity contribution is -0.119. The van der Waals surface area contributed by atoms with E-state index in [1.165, 1.54) is 37.4 Å². The molecule has 0 unspecified atom stereocenters. The van der Waals surface area contributed by atoms with E-state index in [9.17, 15) is 4.79 Å². The van der Waals surface area contributed by atoms with Crippen LogP contribution in [0.1, 0.15) is 64.2 Å². The van der Waals surface area contributed by atoms with Crippen LogP contribution in [0.15, 0.2) is 5.16 Å². The summed E-state index contributed by atoms with van der Waals surface area (Å²) in [6.07, 6.45) is 4.92. The molecule has 0 radical (unpaired) electrons. The van der Waals surface area contributed by atoms with Gasteiger partial charge in [-0.05, 0) is 38.5 Å². The lowest BCUT2D eigenvalue weighted by Crippen LogP contribution is -2.37. The predicted octanol–water partition coefficient (Wildman–Crippen LogP) is 2.74. The van der Waals surface area contributed by atoms with E-state index in [4.69, 9.17) is 0 Å². The van der Waals surface area contributed by atoms with Crippen molar-refractivity contribution in [3.63, 3.8) is 0 Å².